The summed E-state index contributed by atoms with van der Waals surface area (Å²) in [6.45, 7) is 0. The third-order valence-corrected chi connectivity index (χ3v) is 3.21. The topological polar surface area (TPSA) is 71.9 Å². The van der Waals surface area contributed by atoms with Crippen molar-refractivity contribution in [2.75, 3.05) is 5.73 Å². The molecular formula is C12H7BrClN3O. The lowest BCUT2D eigenvalue weighted by Gasteiger charge is -2.09. The first-order valence-electron chi connectivity index (χ1n) is 4.88. The number of nitrogens with zero attached hydrogens (tertiary/aromatic N) is 2. The summed E-state index contributed by atoms with van der Waals surface area (Å²) in [5.41, 5.74) is 6.50. The van der Waals surface area contributed by atoms with Crippen LogP contribution in [0.25, 0.3) is 0 Å². The Morgan fingerprint density at radius 2 is 2.17 bits per heavy atom. The Balaban J connectivity index is 2.42. The number of benzene rings is 1. The van der Waals surface area contributed by atoms with E-state index >= 15 is 0 Å². The van der Waals surface area contributed by atoms with Crippen LogP contribution in [0, 0.1) is 11.3 Å². The van der Waals surface area contributed by atoms with Crippen LogP contribution >= 0.6 is 27.5 Å². The molecule has 1 heterocycles. The minimum absolute atomic E-state index is 0.329. The fourth-order valence-corrected chi connectivity index (χ4v) is 1.92. The first kappa shape index (κ1) is 12.7. The van der Waals surface area contributed by atoms with Gasteiger partial charge in [0.15, 0.2) is 0 Å². The van der Waals surface area contributed by atoms with Gasteiger partial charge in [-0.25, -0.2) is 0 Å². The highest BCUT2D eigenvalue weighted by atomic mass is 79.9. The third-order valence-electron chi connectivity index (χ3n) is 2.15. The third kappa shape index (κ3) is 2.55. The van der Waals surface area contributed by atoms with Gasteiger partial charge in [0.05, 0.1) is 15.7 Å². The number of nitrogen functional groups attached to an aromatic ring is 1. The highest BCUT2D eigenvalue weighted by molar-refractivity contribution is 9.10. The number of hydrogen-bond donors (Lipinski definition) is 1. The van der Waals surface area contributed by atoms with Crippen LogP contribution in [0.1, 0.15) is 5.56 Å². The standard InChI is InChI=1S/C12H7BrClN3O/c13-12-9(4-15)11(2-1-10(12)16)18-8-3-7(14)5-17-6-8/h1-3,5-6H,16H2. The predicted molar refractivity (Wildman–Crippen MR) is 72.6 cm³/mol. The van der Waals surface area contributed by atoms with Crippen LogP contribution in [0.5, 0.6) is 11.5 Å². The molecule has 1 aromatic heterocycles. The molecule has 0 atom stereocenters. The Kier molecular flexibility index (Phi) is 3.70. The van der Waals surface area contributed by atoms with Crippen LogP contribution in [-0.4, -0.2) is 4.98 Å². The monoisotopic (exact) mass is 323 g/mol. The Hall–Kier alpha value is -1.77. The van der Waals surface area contributed by atoms with Gasteiger partial charge in [0, 0.05) is 18.0 Å². The van der Waals surface area contributed by atoms with Crippen molar-refractivity contribution in [3.05, 3.63) is 45.7 Å². The number of anilines is 1. The van der Waals surface area contributed by atoms with E-state index in [4.69, 9.17) is 27.3 Å². The van der Waals surface area contributed by atoms with Gasteiger partial charge in [-0.1, -0.05) is 11.6 Å². The van der Waals surface area contributed by atoms with Gasteiger partial charge in [-0.2, -0.15) is 5.26 Å². The molecular weight excluding hydrogens is 318 g/mol. The van der Waals surface area contributed by atoms with Crippen LogP contribution in [-0.2, 0) is 0 Å². The molecule has 0 aliphatic heterocycles. The minimum atomic E-state index is 0.329. The van der Waals surface area contributed by atoms with Gasteiger partial charge in [-0.3, -0.25) is 4.98 Å². The molecule has 0 bridgehead atoms. The van der Waals surface area contributed by atoms with Gasteiger partial charge in [0.25, 0.3) is 0 Å². The van der Waals surface area contributed by atoms with Gasteiger partial charge in [0.1, 0.15) is 23.1 Å². The fraction of sp³-hybridized carbons (Fsp3) is 0. The van der Waals surface area contributed by atoms with E-state index in [1.54, 1.807) is 18.2 Å². The van der Waals surface area contributed by atoms with Gasteiger partial charge in [0.2, 0.25) is 0 Å². The second-order valence-electron chi connectivity index (χ2n) is 3.39. The highest BCUT2D eigenvalue weighted by Gasteiger charge is 2.11. The van der Waals surface area contributed by atoms with E-state index in [-0.39, 0.29) is 0 Å². The lowest BCUT2D eigenvalue weighted by molar-refractivity contribution is 0.478. The molecule has 6 heteroatoms. The Bertz CT molecular complexity index is 640. The largest absolute Gasteiger partial charge is 0.454 e. The van der Waals surface area contributed by atoms with Crippen LogP contribution in [0.4, 0.5) is 5.69 Å². The number of aromatic nitrogens is 1. The van der Waals surface area contributed by atoms with Crippen molar-refractivity contribution in [3.8, 4) is 17.6 Å². The number of pyridine rings is 1. The second-order valence-corrected chi connectivity index (χ2v) is 4.62. The van der Waals surface area contributed by atoms with Crippen LogP contribution < -0.4 is 10.5 Å². The quantitative estimate of drug-likeness (QED) is 0.854. The summed E-state index contributed by atoms with van der Waals surface area (Å²) in [6, 6.07) is 6.92. The van der Waals surface area contributed by atoms with Gasteiger partial charge in [-0.05, 0) is 28.1 Å². The summed E-state index contributed by atoms with van der Waals surface area (Å²) in [7, 11) is 0. The minimum Gasteiger partial charge on any atom is -0.454 e. The second kappa shape index (κ2) is 5.25. The number of ether oxygens (including phenoxy) is 1. The number of nitriles is 1. The summed E-state index contributed by atoms with van der Waals surface area (Å²) in [5, 5.41) is 9.56. The zero-order chi connectivity index (χ0) is 13.1. The van der Waals surface area contributed by atoms with Crippen molar-refractivity contribution < 1.29 is 4.74 Å². The molecule has 0 amide bonds. The van der Waals surface area contributed by atoms with E-state index in [2.05, 4.69) is 20.9 Å². The van der Waals surface area contributed by atoms with E-state index in [9.17, 15) is 0 Å². The van der Waals surface area contributed by atoms with E-state index in [1.807, 2.05) is 6.07 Å². The molecule has 4 nitrogen and oxygen atoms in total. The van der Waals surface area contributed by atoms with Crippen LogP contribution in [0.15, 0.2) is 35.1 Å². The molecule has 0 aliphatic carbocycles. The van der Waals surface area contributed by atoms with Gasteiger partial charge < -0.3 is 10.5 Å². The lowest BCUT2D eigenvalue weighted by Crippen LogP contribution is -1.94. The SMILES string of the molecule is N#Cc1c(Oc2cncc(Cl)c2)ccc(N)c1Br. The predicted octanol–water partition coefficient (Wildman–Crippen LogP) is 3.74. The maximum absolute atomic E-state index is 9.10. The molecule has 0 saturated heterocycles. The van der Waals surface area contributed by atoms with Crippen molar-refractivity contribution in [1.82, 2.24) is 4.98 Å². The molecule has 18 heavy (non-hydrogen) atoms. The molecule has 2 aromatic rings. The highest BCUT2D eigenvalue weighted by Crippen LogP contribution is 2.34. The normalized spacial score (nSPS) is 9.83. The van der Waals surface area contributed by atoms with E-state index in [0.29, 0.717) is 32.2 Å². The van der Waals surface area contributed by atoms with Crippen molar-refractivity contribution >= 4 is 33.2 Å². The summed E-state index contributed by atoms with van der Waals surface area (Å²) in [4.78, 5) is 3.90. The summed E-state index contributed by atoms with van der Waals surface area (Å²) in [5.74, 6) is 0.846. The van der Waals surface area contributed by atoms with Crippen molar-refractivity contribution in [3.63, 3.8) is 0 Å². The zero-order valence-corrected chi connectivity index (χ0v) is 11.4. The molecule has 0 spiro atoms. The Morgan fingerprint density at radius 1 is 1.39 bits per heavy atom. The fourth-order valence-electron chi connectivity index (χ4n) is 1.34. The lowest BCUT2D eigenvalue weighted by atomic mass is 10.2. The molecule has 1 aromatic carbocycles. The first-order chi connectivity index (χ1) is 8.61. The smallest absolute Gasteiger partial charge is 0.147 e. The molecule has 0 radical (unpaired) electrons. The first-order valence-corrected chi connectivity index (χ1v) is 6.05. The van der Waals surface area contributed by atoms with Crippen LogP contribution in [0.3, 0.4) is 0 Å². The van der Waals surface area contributed by atoms with Gasteiger partial charge >= 0.3 is 0 Å². The van der Waals surface area contributed by atoms with Crippen molar-refractivity contribution in [1.29, 1.82) is 5.26 Å². The Morgan fingerprint density at radius 3 is 2.83 bits per heavy atom. The van der Waals surface area contributed by atoms with Gasteiger partial charge in [-0.15, -0.1) is 0 Å². The molecule has 0 aliphatic rings. The average molecular weight is 325 g/mol. The number of rotatable bonds is 2. The van der Waals surface area contributed by atoms with E-state index in [1.165, 1.54) is 12.4 Å². The van der Waals surface area contributed by atoms with Crippen LogP contribution in [0.2, 0.25) is 5.02 Å². The zero-order valence-electron chi connectivity index (χ0n) is 9.02. The summed E-state index contributed by atoms with van der Waals surface area (Å²) in [6.07, 6.45) is 3.01. The van der Waals surface area contributed by atoms with E-state index in [0.717, 1.165) is 0 Å². The Labute approximate surface area is 117 Å². The summed E-state index contributed by atoms with van der Waals surface area (Å²) >= 11 is 9.05. The molecule has 0 unspecified atom stereocenters. The van der Waals surface area contributed by atoms with Crippen molar-refractivity contribution in [2.24, 2.45) is 0 Å². The molecule has 0 saturated carbocycles. The number of halogens is 2. The molecule has 2 N–H and O–H groups in total. The van der Waals surface area contributed by atoms with E-state index < -0.39 is 0 Å². The molecule has 90 valence electrons. The molecule has 2 rings (SSSR count). The maximum atomic E-state index is 9.10. The van der Waals surface area contributed by atoms with Crippen molar-refractivity contribution in [2.45, 2.75) is 0 Å². The summed E-state index contributed by atoms with van der Waals surface area (Å²) < 4.78 is 6.07. The number of hydrogen-bond acceptors (Lipinski definition) is 4. The molecule has 0 fully saturated rings. The average Bonchev–Trinajstić information content (AvgIpc) is 2.34. The number of nitrogens with two attached hydrogens (primary N) is 1. The maximum Gasteiger partial charge on any atom is 0.147 e.